The number of rotatable bonds is 6. The monoisotopic (exact) mass is 330 g/mol. The molecule has 1 aromatic carbocycles. The van der Waals surface area contributed by atoms with Crippen LogP contribution in [0.4, 0.5) is 5.95 Å². The Morgan fingerprint density at radius 2 is 2.04 bits per heavy atom. The molecule has 0 saturated heterocycles. The minimum Gasteiger partial charge on any atom is -0.493 e. The fourth-order valence-corrected chi connectivity index (χ4v) is 1.99. The summed E-state index contributed by atoms with van der Waals surface area (Å²) in [4.78, 5) is 18.5. The molecule has 1 aromatic heterocycles. The fraction of sp³-hybridized carbons (Fsp3) is 0.353. The molecular weight excluding hydrogens is 308 g/mol. The normalized spacial score (nSPS) is 11.1. The maximum atomic E-state index is 11.7. The molecule has 1 heterocycles. The second-order valence-electron chi connectivity index (χ2n) is 5.57. The lowest BCUT2D eigenvalue weighted by atomic mass is 10.2. The minimum atomic E-state index is -0.183. The van der Waals surface area contributed by atoms with Crippen LogP contribution in [0.3, 0.4) is 0 Å². The summed E-state index contributed by atoms with van der Waals surface area (Å²) in [5.74, 6) is 1.61. The number of ether oxygens (including phenoxy) is 2. The Kier molecular flexibility index (Phi) is 5.57. The third kappa shape index (κ3) is 4.34. The molecule has 0 radical (unpaired) electrons. The van der Waals surface area contributed by atoms with Gasteiger partial charge in [0, 0.05) is 11.3 Å². The number of hydrogen-bond donors (Lipinski definition) is 2. The predicted molar refractivity (Wildman–Crippen MR) is 94.3 cm³/mol. The van der Waals surface area contributed by atoms with E-state index in [1.165, 1.54) is 0 Å². The van der Waals surface area contributed by atoms with Crippen LogP contribution in [0.15, 0.2) is 28.1 Å². The SMILES string of the molecule is COc1ccc(/C=N\Nc2nc(C)c(C)c(=O)[nH]2)cc1OC(C)C. The zero-order chi connectivity index (χ0) is 17.7. The highest BCUT2D eigenvalue weighted by atomic mass is 16.5. The molecule has 0 fully saturated rings. The van der Waals surface area contributed by atoms with E-state index in [0.717, 1.165) is 5.56 Å². The van der Waals surface area contributed by atoms with Gasteiger partial charge < -0.3 is 9.47 Å². The molecule has 7 nitrogen and oxygen atoms in total. The van der Waals surface area contributed by atoms with Crippen molar-refractivity contribution in [3.05, 3.63) is 45.4 Å². The number of hydrogen-bond acceptors (Lipinski definition) is 6. The summed E-state index contributed by atoms with van der Waals surface area (Å²) in [6, 6.07) is 5.50. The zero-order valence-electron chi connectivity index (χ0n) is 14.5. The molecule has 128 valence electrons. The van der Waals surface area contributed by atoms with Crippen molar-refractivity contribution in [1.82, 2.24) is 9.97 Å². The fourth-order valence-electron chi connectivity index (χ4n) is 1.99. The van der Waals surface area contributed by atoms with Gasteiger partial charge in [-0.25, -0.2) is 10.4 Å². The lowest BCUT2D eigenvalue weighted by Gasteiger charge is -2.13. The molecule has 0 unspecified atom stereocenters. The van der Waals surface area contributed by atoms with Gasteiger partial charge in [-0.3, -0.25) is 9.78 Å². The minimum absolute atomic E-state index is 0.0361. The molecule has 0 aliphatic heterocycles. The van der Waals surface area contributed by atoms with Crippen LogP contribution in [0.25, 0.3) is 0 Å². The van der Waals surface area contributed by atoms with Gasteiger partial charge in [0.15, 0.2) is 11.5 Å². The number of anilines is 1. The van der Waals surface area contributed by atoms with E-state index in [1.54, 1.807) is 27.2 Å². The molecule has 0 aliphatic rings. The Morgan fingerprint density at radius 3 is 2.67 bits per heavy atom. The largest absolute Gasteiger partial charge is 0.493 e. The number of aromatic amines is 1. The second kappa shape index (κ2) is 7.63. The summed E-state index contributed by atoms with van der Waals surface area (Å²) >= 11 is 0. The number of nitrogens with zero attached hydrogens (tertiary/aromatic N) is 2. The quantitative estimate of drug-likeness (QED) is 0.628. The highest BCUT2D eigenvalue weighted by Crippen LogP contribution is 2.28. The van der Waals surface area contributed by atoms with Crippen LogP contribution in [-0.2, 0) is 0 Å². The third-order valence-electron chi connectivity index (χ3n) is 3.33. The average Bonchev–Trinajstić information content (AvgIpc) is 2.52. The summed E-state index contributed by atoms with van der Waals surface area (Å²) in [5.41, 5.74) is 4.62. The molecule has 0 aliphatic carbocycles. The van der Waals surface area contributed by atoms with Crippen LogP contribution in [-0.4, -0.2) is 29.4 Å². The Bertz CT molecular complexity index is 797. The summed E-state index contributed by atoms with van der Waals surface area (Å²) in [7, 11) is 1.60. The molecule has 2 rings (SSSR count). The summed E-state index contributed by atoms with van der Waals surface area (Å²) in [5, 5.41) is 4.10. The molecule has 0 saturated carbocycles. The van der Waals surface area contributed by atoms with Crippen molar-refractivity contribution in [3.63, 3.8) is 0 Å². The van der Waals surface area contributed by atoms with Crippen molar-refractivity contribution < 1.29 is 9.47 Å². The highest BCUT2D eigenvalue weighted by Gasteiger charge is 2.07. The van der Waals surface area contributed by atoms with Gasteiger partial charge in [0.25, 0.3) is 5.56 Å². The van der Waals surface area contributed by atoms with Gasteiger partial charge in [-0.2, -0.15) is 5.10 Å². The highest BCUT2D eigenvalue weighted by molar-refractivity contribution is 5.81. The van der Waals surface area contributed by atoms with Crippen LogP contribution in [0.2, 0.25) is 0 Å². The Labute approximate surface area is 140 Å². The van der Waals surface area contributed by atoms with Crippen molar-refractivity contribution in [2.45, 2.75) is 33.8 Å². The topological polar surface area (TPSA) is 88.6 Å². The van der Waals surface area contributed by atoms with Gasteiger partial charge in [-0.1, -0.05) is 0 Å². The van der Waals surface area contributed by atoms with E-state index < -0.39 is 0 Å². The Balaban J connectivity index is 2.16. The van der Waals surface area contributed by atoms with Crippen molar-refractivity contribution in [1.29, 1.82) is 0 Å². The molecule has 2 N–H and O–H groups in total. The van der Waals surface area contributed by atoms with Crippen molar-refractivity contribution >= 4 is 12.2 Å². The van der Waals surface area contributed by atoms with Crippen LogP contribution in [0, 0.1) is 13.8 Å². The maximum absolute atomic E-state index is 11.7. The smallest absolute Gasteiger partial charge is 0.255 e. The first-order valence-corrected chi connectivity index (χ1v) is 7.62. The van der Waals surface area contributed by atoms with E-state index in [0.29, 0.717) is 28.7 Å². The van der Waals surface area contributed by atoms with E-state index in [1.807, 2.05) is 32.0 Å². The number of aromatic nitrogens is 2. The second-order valence-corrected chi connectivity index (χ2v) is 5.57. The van der Waals surface area contributed by atoms with Gasteiger partial charge in [0.1, 0.15) is 0 Å². The lowest BCUT2D eigenvalue weighted by Crippen LogP contribution is -2.15. The van der Waals surface area contributed by atoms with Crippen molar-refractivity contribution in [2.24, 2.45) is 5.10 Å². The molecule has 0 atom stereocenters. The van der Waals surface area contributed by atoms with E-state index >= 15 is 0 Å². The average molecular weight is 330 g/mol. The van der Waals surface area contributed by atoms with Gasteiger partial charge >= 0.3 is 0 Å². The van der Waals surface area contributed by atoms with E-state index in [4.69, 9.17) is 9.47 Å². The number of nitrogens with one attached hydrogen (secondary N) is 2. The number of methoxy groups -OCH3 is 1. The van der Waals surface area contributed by atoms with E-state index in [9.17, 15) is 4.79 Å². The number of aryl methyl sites for hydroxylation is 1. The van der Waals surface area contributed by atoms with Crippen molar-refractivity contribution in [2.75, 3.05) is 12.5 Å². The number of H-pyrrole nitrogens is 1. The maximum Gasteiger partial charge on any atom is 0.255 e. The van der Waals surface area contributed by atoms with Crippen LogP contribution in [0.1, 0.15) is 30.7 Å². The zero-order valence-corrected chi connectivity index (χ0v) is 14.5. The van der Waals surface area contributed by atoms with E-state index in [-0.39, 0.29) is 11.7 Å². The number of benzene rings is 1. The summed E-state index contributed by atoms with van der Waals surface area (Å²) in [6.07, 6.45) is 1.65. The molecule has 0 bridgehead atoms. The molecule has 7 heteroatoms. The first kappa shape index (κ1) is 17.5. The first-order valence-electron chi connectivity index (χ1n) is 7.62. The first-order chi connectivity index (χ1) is 11.4. The Morgan fingerprint density at radius 1 is 1.29 bits per heavy atom. The van der Waals surface area contributed by atoms with Gasteiger partial charge in [-0.15, -0.1) is 0 Å². The van der Waals surface area contributed by atoms with Crippen molar-refractivity contribution in [3.8, 4) is 11.5 Å². The summed E-state index contributed by atoms with van der Waals surface area (Å²) < 4.78 is 11.0. The third-order valence-corrected chi connectivity index (χ3v) is 3.33. The number of hydrazone groups is 1. The molecule has 0 spiro atoms. The molecule has 2 aromatic rings. The Hall–Kier alpha value is -2.83. The van der Waals surface area contributed by atoms with E-state index in [2.05, 4.69) is 20.5 Å². The van der Waals surface area contributed by atoms with Gasteiger partial charge in [-0.05, 0) is 51.5 Å². The van der Waals surface area contributed by atoms with Gasteiger partial charge in [0.05, 0.1) is 19.4 Å². The van der Waals surface area contributed by atoms with Gasteiger partial charge in [0.2, 0.25) is 5.95 Å². The predicted octanol–water partition coefficient (Wildman–Crippen LogP) is 2.63. The van der Waals surface area contributed by atoms with Crippen LogP contribution < -0.4 is 20.5 Å². The molecule has 0 amide bonds. The van der Waals surface area contributed by atoms with Crippen LogP contribution >= 0.6 is 0 Å². The standard InChI is InChI=1S/C17H22N4O3/c1-10(2)24-15-8-13(6-7-14(15)23-5)9-18-21-17-19-12(4)11(3)16(22)20-17/h6-10H,1-5H3,(H2,19,20,21,22)/b18-9-. The van der Waals surface area contributed by atoms with Crippen LogP contribution in [0.5, 0.6) is 11.5 Å². The molecule has 24 heavy (non-hydrogen) atoms. The summed E-state index contributed by atoms with van der Waals surface area (Å²) in [6.45, 7) is 7.40. The lowest BCUT2D eigenvalue weighted by molar-refractivity contribution is 0.230. The molecular formula is C17H22N4O3.